The number of aromatic nitrogens is 2. The first-order chi connectivity index (χ1) is 12.7. The molecule has 2 aromatic rings. The Morgan fingerprint density at radius 3 is 2.92 bits per heavy atom. The van der Waals surface area contributed by atoms with Gasteiger partial charge in [-0.2, -0.15) is 4.98 Å². The molecular weight excluding hydrogens is 339 g/mol. The van der Waals surface area contributed by atoms with E-state index < -0.39 is 0 Å². The molecule has 138 valence electrons. The lowest BCUT2D eigenvalue weighted by Gasteiger charge is -2.34. The summed E-state index contributed by atoms with van der Waals surface area (Å²) in [5, 5.41) is 7.21. The summed E-state index contributed by atoms with van der Waals surface area (Å²) < 4.78 is 23.9. The van der Waals surface area contributed by atoms with Crippen molar-refractivity contribution in [1.29, 1.82) is 0 Å². The minimum Gasteiger partial charge on any atom is -0.378 e. The van der Waals surface area contributed by atoms with E-state index in [9.17, 15) is 9.18 Å². The van der Waals surface area contributed by atoms with E-state index in [1.807, 2.05) is 4.90 Å². The van der Waals surface area contributed by atoms with Gasteiger partial charge in [-0.1, -0.05) is 5.16 Å². The molecule has 0 radical (unpaired) electrons. The molecule has 1 aromatic carbocycles. The van der Waals surface area contributed by atoms with Crippen molar-refractivity contribution in [1.82, 2.24) is 20.4 Å². The summed E-state index contributed by atoms with van der Waals surface area (Å²) in [7, 11) is 0. The number of morpholine rings is 1. The SMILES string of the molecule is O=C(C1COCCN1)N1CCCC(c2nc(-c3ccc(F)cc3)no2)C1. The van der Waals surface area contributed by atoms with Crippen LogP contribution in [0.4, 0.5) is 4.39 Å². The van der Waals surface area contributed by atoms with Crippen molar-refractivity contribution < 1.29 is 18.4 Å². The van der Waals surface area contributed by atoms with Crippen LogP contribution in [0.3, 0.4) is 0 Å². The molecule has 7 nitrogen and oxygen atoms in total. The smallest absolute Gasteiger partial charge is 0.242 e. The van der Waals surface area contributed by atoms with Gasteiger partial charge in [-0.3, -0.25) is 4.79 Å². The second-order valence-corrected chi connectivity index (χ2v) is 6.67. The summed E-state index contributed by atoms with van der Waals surface area (Å²) in [5.74, 6) is 0.728. The maximum Gasteiger partial charge on any atom is 0.242 e. The first-order valence-corrected chi connectivity index (χ1v) is 8.90. The number of carbonyl (C=O) groups is 1. The normalized spacial score (nSPS) is 23.8. The Balaban J connectivity index is 1.44. The fourth-order valence-corrected chi connectivity index (χ4v) is 3.44. The van der Waals surface area contributed by atoms with Crippen LogP contribution >= 0.6 is 0 Å². The van der Waals surface area contributed by atoms with E-state index in [0.29, 0.717) is 43.6 Å². The van der Waals surface area contributed by atoms with Crippen molar-refractivity contribution in [3.8, 4) is 11.4 Å². The molecule has 0 spiro atoms. The Hall–Kier alpha value is -2.32. The summed E-state index contributed by atoms with van der Waals surface area (Å²) in [4.78, 5) is 19.0. The van der Waals surface area contributed by atoms with Gasteiger partial charge in [-0.25, -0.2) is 4.39 Å². The highest BCUT2D eigenvalue weighted by Gasteiger charge is 2.32. The monoisotopic (exact) mass is 360 g/mol. The quantitative estimate of drug-likeness (QED) is 0.895. The van der Waals surface area contributed by atoms with Crippen LogP contribution in [0.5, 0.6) is 0 Å². The molecule has 0 saturated carbocycles. The third kappa shape index (κ3) is 3.61. The standard InChI is InChI=1S/C18H21FN4O3/c19-14-5-3-12(4-6-14)16-21-17(26-22-16)13-2-1-8-23(10-13)18(24)15-11-25-9-7-20-15/h3-6,13,15,20H,1-2,7-11H2. The largest absolute Gasteiger partial charge is 0.378 e. The molecule has 2 fully saturated rings. The van der Waals surface area contributed by atoms with Crippen LogP contribution in [-0.4, -0.2) is 59.8 Å². The molecule has 8 heteroatoms. The highest BCUT2D eigenvalue weighted by atomic mass is 19.1. The minimum atomic E-state index is -0.306. The van der Waals surface area contributed by atoms with Crippen molar-refractivity contribution in [2.24, 2.45) is 0 Å². The molecular formula is C18H21FN4O3. The highest BCUT2D eigenvalue weighted by molar-refractivity contribution is 5.82. The van der Waals surface area contributed by atoms with Gasteiger partial charge in [0, 0.05) is 25.2 Å². The maximum atomic E-state index is 13.1. The minimum absolute atomic E-state index is 0.0129. The Labute approximate surface area is 150 Å². The Morgan fingerprint density at radius 1 is 1.31 bits per heavy atom. The number of ether oxygens (including phenoxy) is 1. The second-order valence-electron chi connectivity index (χ2n) is 6.67. The van der Waals surface area contributed by atoms with Gasteiger partial charge in [0.1, 0.15) is 11.9 Å². The molecule has 1 aromatic heterocycles. The van der Waals surface area contributed by atoms with E-state index in [1.165, 1.54) is 12.1 Å². The molecule has 1 N–H and O–H groups in total. The number of hydrogen-bond acceptors (Lipinski definition) is 6. The molecule has 1 amide bonds. The van der Waals surface area contributed by atoms with Gasteiger partial charge in [0.25, 0.3) is 0 Å². The molecule has 4 rings (SSSR count). The zero-order valence-corrected chi connectivity index (χ0v) is 14.4. The van der Waals surface area contributed by atoms with E-state index in [2.05, 4.69) is 15.5 Å². The van der Waals surface area contributed by atoms with Crippen LogP contribution in [0.15, 0.2) is 28.8 Å². The van der Waals surface area contributed by atoms with E-state index >= 15 is 0 Å². The number of piperidine rings is 1. The lowest BCUT2D eigenvalue weighted by molar-refractivity contribution is -0.137. The molecule has 2 unspecified atom stereocenters. The Kier molecular flexibility index (Phi) is 4.94. The highest BCUT2D eigenvalue weighted by Crippen LogP contribution is 2.28. The lowest BCUT2D eigenvalue weighted by atomic mass is 9.97. The van der Waals surface area contributed by atoms with Gasteiger partial charge in [0.2, 0.25) is 17.6 Å². The van der Waals surface area contributed by atoms with Crippen molar-refractivity contribution in [3.63, 3.8) is 0 Å². The maximum absolute atomic E-state index is 13.1. The summed E-state index contributed by atoms with van der Waals surface area (Å²) >= 11 is 0. The van der Waals surface area contributed by atoms with Crippen LogP contribution in [0.1, 0.15) is 24.7 Å². The summed E-state index contributed by atoms with van der Waals surface area (Å²) in [6, 6.07) is 5.70. The third-order valence-electron chi connectivity index (χ3n) is 4.85. The van der Waals surface area contributed by atoms with Crippen LogP contribution in [0, 0.1) is 5.82 Å². The van der Waals surface area contributed by atoms with E-state index in [0.717, 1.165) is 19.4 Å². The van der Waals surface area contributed by atoms with Gasteiger partial charge in [0.15, 0.2) is 0 Å². The van der Waals surface area contributed by atoms with Gasteiger partial charge in [0.05, 0.1) is 19.1 Å². The number of amides is 1. The number of rotatable bonds is 3. The van der Waals surface area contributed by atoms with Crippen molar-refractivity contribution >= 4 is 5.91 Å². The second kappa shape index (κ2) is 7.51. The molecule has 2 atom stereocenters. The molecule has 2 saturated heterocycles. The number of carbonyl (C=O) groups excluding carboxylic acids is 1. The predicted molar refractivity (Wildman–Crippen MR) is 90.9 cm³/mol. The van der Waals surface area contributed by atoms with Gasteiger partial charge in [-0.15, -0.1) is 0 Å². The van der Waals surface area contributed by atoms with E-state index in [4.69, 9.17) is 9.26 Å². The Bertz CT molecular complexity index is 758. The summed E-state index contributed by atoms with van der Waals surface area (Å²) in [6.45, 7) is 3.03. The first kappa shape index (κ1) is 17.1. The molecule has 2 aliphatic rings. The van der Waals surface area contributed by atoms with Crippen molar-refractivity contribution in [2.45, 2.75) is 24.8 Å². The van der Waals surface area contributed by atoms with Crippen LogP contribution in [-0.2, 0) is 9.53 Å². The fraction of sp³-hybridized carbons (Fsp3) is 0.500. The average molecular weight is 360 g/mol. The van der Waals surface area contributed by atoms with Gasteiger partial charge >= 0.3 is 0 Å². The number of hydrogen-bond donors (Lipinski definition) is 1. The molecule has 0 aliphatic carbocycles. The van der Waals surface area contributed by atoms with Crippen molar-refractivity contribution in [3.05, 3.63) is 36.0 Å². The van der Waals surface area contributed by atoms with E-state index in [-0.39, 0.29) is 23.7 Å². The number of halogens is 1. The molecule has 0 bridgehead atoms. The molecule has 26 heavy (non-hydrogen) atoms. The number of nitrogens with one attached hydrogen (secondary N) is 1. The number of nitrogens with zero attached hydrogens (tertiary/aromatic N) is 3. The Morgan fingerprint density at radius 2 is 2.15 bits per heavy atom. The molecule has 2 aliphatic heterocycles. The van der Waals surface area contributed by atoms with Crippen LogP contribution in [0.2, 0.25) is 0 Å². The topological polar surface area (TPSA) is 80.5 Å². The first-order valence-electron chi connectivity index (χ1n) is 8.90. The fourth-order valence-electron chi connectivity index (χ4n) is 3.44. The van der Waals surface area contributed by atoms with Gasteiger partial charge < -0.3 is 19.5 Å². The van der Waals surface area contributed by atoms with Crippen LogP contribution < -0.4 is 5.32 Å². The summed E-state index contributed by atoms with van der Waals surface area (Å²) in [6.07, 6.45) is 1.78. The van der Waals surface area contributed by atoms with E-state index in [1.54, 1.807) is 12.1 Å². The third-order valence-corrected chi connectivity index (χ3v) is 4.85. The van der Waals surface area contributed by atoms with Crippen LogP contribution in [0.25, 0.3) is 11.4 Å². The molecule has 3 heterocycles. The predicted octanol–water partition coefficient (Wildman–Crippen LogP) is 1.57. The lowest BCUT2D eigenvalue weighted by Crippen LogP contribution is -2.54. The number of likely N-dealkylation sites (tertiary alicyclic amines) is 1. The van der Waals surface area contributed by atoms with Gasteiger partial charge in [-0.05, 0) is 37.1 Å². The zero-order valence-electron chi connectivity index (χ0n) is 14.4. The number of benzene rings is 1. The summed E-state index contributed by atoms with van der Waals surface area (Å²) in [5.41, 5.74) is 0.702. The average Bonchev–Trinajstić information content (AvgIpc) is 3.19. The van der Waals surface area contributed by atoms with Crippen molar-refractivity contribution in [2.75, 3.05) is 32.8 Å². The zero-order chi connectivity index (χ0) is 17.9.